The van der Waals surface area contributed by atoms with Gasteiger partial charge >= 0.3 is 6.09 Å². The van der Waals surface area contributed by atoms with Crippen molar-refractivity contribution in [2.45, 2.75) is 18.8 Å². The Kier molecular flexibility index (Phi) is 2.16. The highest BCUT2D eigenvalue weighted by molar-refractivity contribution is 5.84. The van der Waals surface area contributed by atoms with Crippen molar-refractivity contribution in [1.82, 2.24) is 15.2 Å². The molecule has 0 aliphatic carbocycles. The predicted molar refractivity (Wildman–Crippen MR) is 82.5 cm³/mol. The van der Waals surface area contributed by atoms with E-state index in [1.165, 1.54) is 6.20 Å². The highest BCUT2D eigenvalue weighted by Gasteiger charge is 2.22. The molecule has 1 aromatic carbocycles. The van der Waals surface area contributed by atoms with E-state index in [1.807, 2.05) is 0 Å². The summed E-state index contributed by atoms with van der Waals surface area (Å²) in [5, 5.41) is 2.52. The topological polar surface area (TPSA) is 57.4 Å². The van der Waals surface area contributed by atoms with E-state index in [0.29, 0.717) is 0 Å². The van der Waals surface area contributed by atoms with Crippen LogP contribution in [-0.2, 0) is 17.5 Å². The van der Waals surface area contributed by atoms with Gasteiger partial charge in [-0.3, -0.25) is 0 Å². The number of amides is 1. The molecule has 2 aromatic rings. The van der Waals surface area contributed by atoms with E-state index in [-0.39, 0.29) is 53.1 Å². The van der Waals surface area contributed by atoms with Crippen LogP contribution in [0.1, 0.15) is 20.7 Å². The molecule has 3 rings (SSSR count). The van der Waals surface area contributed by atoms with Crippen molar-refractivity contribution >= 4 is 17.0 Å². The minimum Gasteiger partial charge on any atom is -0.447 e. The van der Waals surface area contributed by atoms with Crippen LogP contribution in [0, 0.1) is 0 Å². The molecule has 1 aliphatic heterocycles. The zero-order chi connectivity index (χ0) is 21.0. The fraction of sp³-hybridized carbons (Fsp3) is 0.438. The Morgan fingerprint density at radius 3 is 3.14 bits per heavy atom. The van der Waals surface area contributed by atoms with Gasteiger partial charge in [0.15, 0.2) is 0 Å². The molecule has 0 unspecified atom stereocenters. The van der Waals surface area contributed by atoms with Gasteiger partial charge in [-0.25, -0.2) is 4.79 Å². The third-order valence-corrected chi connectivity index (χ3v) is 3.07. The number of alkyl carbamates (subject to hydrolysis) is 1. The summed E-state index contributed by atoms with van der Waals surface area (Å²) >= 11 is 0. The van der Waals surface area contributed by atoms with Gasteiger partial charge in [0.1, 0.15) is 6.56 Å². The standard InChI is InChI=1S/C16H21N3O2/c1-19(2)6-5-12-9-17-15-4-3-11(8-14(12)15)7-13-10-21-16(20)18-13/h3-4,8-9,13,17H,5-7,10H2,1-2H3,(H,18,20)/t13-/m0/s1/i3D,4D,5D2,8D,10D2. The summed E-state index contributed by atoms with van der Waals surface area (Å²) < 4.78 is 62.0. The largest absolute Gasteiger partial charge is 0.447 e. The maximum Gasteiger partial charge on any atom is 0.407 e. The molecule has 2 heterocycles. The van der Waals surface area contributed by atoms with Crippen LogP contribution in [0.25, 0.3) is 10.9 Å². The molecule has 0 radical (unpaired) electrons. The Morgan fingerprint density at radius 2 is 2.43 bits per heavy atom. The molecule has 2 N–H and O–H groups in total. The molecule has 0 spiro atoms. The van der Waals surface area contributed by atoms with Gasteiger partial charge in [0.25, 0.3) is 0 Å². The molecule has 5 nitrogen and oxygen atoms in total. The van der Waals surface area contributed by atoms with E-state index in [1.54, 1.807) is 19.0 Å². The summed E-state index contributed by atoms with van der Waals surface area (Å²) in [6, 6.07) is -1.76. The Morgan fingerprint density at radius 1 is 1.57 bits per heavy atom. The van der Waals surface area contributed by atoms with Crippen molar-refractivity contribution in [1.29, 1.82) is 0 Å². The van der Waals surface area contributed by atoms with Gasteiger partial charge in [-0.05, 0) is 50.1 Å². The van der Waals surface area contributed by atoms with Crippen molar-refractivity contribution in [2.75, 3.05) is 27.2 Å². The number of fused-ring (bicyclic) bond motifs is 1. The van der Waals surface area contributed by atoms with Crippen molar-refractivity contribution < 1.29 is 19.1 Å². The second-order valence-corrected chi connectivity index (χ2v) is 5.13. The van der Waals surface area contributed by atoms with E-state index in [2.05, 4.69) is 15.0 Å². The number of nitrogens with zero attached hydrogens (tertiary/aromatic N) is 1. The smallest absolute Gasteiger partial charge is 0.407 e. The number of H-pyrrole nitrogens is 1. The van der Waals surface area contributed by atoms with Crippen molar-refractivity contribution in [3.05, 3.63) is 35.5 Å². The Hall–Kier alpha value is -2.01. The molecular weight excluding hydrogens is 266 g/mol. The molecule has 1 amide bonds. The van der Waals surface area contributed by atoms with Gasteiger partial charge in [-0.15, -0.1) is 0 Å². The number of benzene rings is 1. The van der Waals surface area contributed by atoms with E-state index in [4.69, 9.17) is 9.60 Å². The van der Waals surface area contributed by atoms with Crippen LogP contribution < -0.4 is 5.32 Å². The summed E-state index contributed by atoms with van der Waals surface area (Å²) in [6.45, 7) is -2.26. The van der Waals surface area contributed by atoms with Crippen LogP contribution in [0.5, 0.6) is 0 Å². The first-order valence-corrected chi connectivity index (χ1v) is 6.59. The zero-order valence-corrected chi connectivity index (χ0v) is 11.8. The monoisotopic (exact) mass is 294 g/mol. The van der Waals surface area contributed by atoms with Crippen molar-refractivity contribution in [2.24, 2.45) is 0 Å². The molecule has 0 bridgehead atoms. The van der Waals surface area contributed by atoms with E-state index < -0.39 is 25.1 Å². The summed E-state index contributed by atoms with van der Waals surface area (Å²) in [7, 11) is 3.45. The lowest BCUT2D eigenvalue weighted by Crippen LogP contribution is -2.28. The van der Waals surface area contributed by atoms with Gasteiger partial charge < -0.3 is 19.9 Å². The number of rotatable bonds is 5. The minimum atomic E-state index is -2.31. The van der Waals surface area contributed by atoms with E-state index in [9.17, 15) is 4.79 Å². The molecule has 112 valence electrons. The maximum atomic E-state index is 11.4. The van der Waals surface area contributed by atoms with Crippen LogP contribution in [0.2, 0.25) is 0 Å². The fourth-order valence-electron chi connectivity index (χ4n) is 2.08. The molecule has 1 saturated heterocycles. The summed E-state index contributed by atoms with van der Waals surface area (Å²) in [4.78, 5) is 15.9. The number of carbonyl (C=O) groups excluding carboxylic acids is 1. The normalized spacial score (nSPS) is 26.1. The summed E-state index contributed by atoms with van der Waals surface area (Å²) in [5.74, 6) is 0. The molecule has 21 heavy (non-hydrogen) atoms. The average molecular weight is 294 g/mol. The SMILES string of the molecule is [2H]c1c(C[C@@H]2NC(=O)OC2([2H])[2H])c([2H])c2c(C([2H])([2H])CN(C)C)c[nH]c2c1[2H]. The molecular formula is C16H21N3O2. The first kappa shape index (κ1) is 7.84. The lowest BCUT2D eigenvalue weighted by molar-refractivity contribution is 0.177. The zero-order valence-electron chi connectivity index (χ0n) is 18.8. The number of likely N-dealkylation sites (N-methyl/N-ethyl adjacent to an activating group) is 1. The number of aromatic amines is 1. The van der Waals surface area contributed by atoms with Crippen molar-refractivity contribution in [3.63, 3.8) is 0 Å². The van der Waals surface area contributed by atoms with E-state index in [0.717, 1.165) is 0 Å². The Labute approximate surface area is 134 Å². The quantitative estimate of drug-likeness (QED) is 0.886. The van der Waals surface area contributed by atoms with Crippen LogP contribution in [0.15, 0.2) is 24.3 Å². The number of hydrogen-bond donors (Lipinski definition) is 2. The lowest BCUT2D eigenvalue weighted by Gasteiger charge is -2.09. The second kappa shape index (κ2) is 5.77. The number of nitrogens with one attached hydrogen (secondary N) is 2. The number of ether oxygens (including phenoxy) is 1. The third-order valence-electron chi connectivity index (χ3n) is 3.07. The van der Waals surface area contributed by atoms with Gasteiger partial charge in [0, 0.05) is 26.4 Å². The van der Waals surface area contributed by atoms with Crippen molar-refractivity contribution in [3.8, 4) is 0 Å². The molecule has 5 heteroatoms. The number of cyclic esters (lactones) is 1. The molecule has 0 saturated carbocycles. The fourth-order valence-corrected chi connectivity index (χ4v) is 2.08. The number of carbonyl (C=O) groups is 1. The molecule has 1 fully saturated rings. The van der Waals surface area contributed by atoms with Gasteiger partial charge in [0.2, 0.25) is 0 Å². The van der Waals surface area contributed by atoms with Gasteiger partial charge in [0.05, 0.1) is 12.9 Å². The Balaban J connectivity index is 2.14. The Bertz CT molecular complexity index is 942. The van der Waals surface area contributed by atoms with Crippen LogP contribution >= 0.6 is 0 Å². The molecule has 1 aromatic heterocycles. The predicted octanol–water partition coefficient (Wildman–Crippen LogP) is 1.92. The average Bonchev–Trinajstić information content (AvgIpc) is 3.09. The number of aromatic nitrogens is 1. The van der Waals surface area contributed by atoms with Crippen LogP contribution in [0.3, 0.4) is 0 Å². The minimum absolute atomic E-state index is 0.0543. The maximum absolute atomic E-state index is 11.4. The molecule has 1 atom stereocenters. The molecule has 1 aliphatic rings. The second-order valence-electron chi connectivity index (χ2n) is 5.13. The van der Waals surface area contributed by atoms with Gasteiger partial charge in [-0.2, -0.15) is 0 Å². The van der Waals surface area contributed by atoms with E-state index >= 15 is 0 Å². The highest BCUT2D eigenvalue weighted by atomic mass is 16.6. The summed E-state index contributed by atoms with van der Waals surface area (Å²) in [5.41, 5.74) is 0.440. The highest BCUT2D eigenvalue weighted by Crippen LogP contribution is 2.21. The number of hydrogen-bond acceptors (Lipinski definition) is 3. The third kappa shape index (κ3) is 3.19. The first-order valence-electron chi connectivity index (χ1n) is 10.1. The van der Waals surface area contributed by atoms with Crippen LogP contribution in [-0.4, -0.2) is 49.2 Å². The van der Waals surface area contributed by atoms with Gasteiger partial charge in [-0.1, -0.05) is 6.04 Å². The van der Waals surface area contributed by atoms with Crippen LogP contribution in [0.4, 0.5) is 4.79 Å². The summed E-state index contributed by atoms with van der Waals surface area (Å²) in [6.07, 6.45) is -1.55. The first-order chi connectivity index (χ1) is 12.8. The lowest BCUT2D eigenvalue weighted by atomic mass is 10.0.